The molecule has 2 aliphatic heterocycles. The molecular weight excluding hydrogens is 851 g/mol. The molecule has 0 N–H and O–H groups in total. The van der Waals surface area contributed by atoms with E-state index in [9.17, 15) is 26.4 Å². The van der Waals surface area contributed by atoms with Gasteiger partial charge in [0, 0.05) is 0 Å². The summed E-state index contributed by atoms with van der Waals surface area (Å²) < 4.78 is 57.0. The first-order valence-electron chi connectivity index (χ1n) is 17.0. The Hall–Kier alpha value is -4.80. The van der Waals surface area contributed by atoms with Gasteiger partial charge < -0.3 is 0 Å². The summed E-state index contributed by atoms with van der Waals surface area (Å²) in [6, 6.07) is 50.6. The number of carbonyl (C=O) groups is 2. The van der Waals surface area contributed by atoms with Gasteiger partial charge in [-0.15, -0.1) is 0 Å². The number of hydrogen-bond donors (Lipinski definition) is 0. The Labute approximate surface area is 328 Å². The number of rotatable bonds is 10. The van der Waals surface area contributed by atoms with Crippen LogP contribution in [0.2, 0.25) is 10.6 Å². The average molecular weight is 885 g/mol. The molecule has 54 heavy (non-hydrogen) atoms. The third-order valence-electron chi connectivity index (χ3n) is 8.95. The van der Waals surface area contributed by atoms with Gasteiger partial charge in [0.1, 0.15) is 0 Å². The van der Waals surface area contributed by atoms with E-state index in [0.29, 0.717) is 10.6 Å². The van der Waals surface area contributed by atoms with Crippen molar-refractivity contribution in [3.8, 4) is 0 Å². The summed E-state index contributed by atoms with van der Waals surface area (Å²) in [5.74, 6) is -0.883. The van der Waals surface area contributed by atoms with Crippen LogP contribution in [0.15, 0.2) is 180 Å². The van der Waals surface area contributed by atoms with Crippen molar-refractivity contribution < 1.29 is 26.4 Å². The number of amides is 2. The second-order valence-electron chi connectivity index (χ2n) is 12.3. The molecule has 0 spiro atoms. The van der Waals surface area contributed by atoms with Gasteiger partial charge in [-0.3, -0.25) is 0 Å². The van der Waals surface area contributed by atoms with E-state index >= 15 is 0 Å². The molecule has 2 atom stereocenters. The monoisotopic (exact) mass is 886 g/mol. The molecule has 0 radical (unpaired) electrons. The molecule has 6 aromatic carbocycles. The van der Waals surface area contributed by atoms with E-state index < -0.39 is 43.9 Å². The Morgan fingerprint density at radius 3 is 1.04 bits per heavy atom. The van der Waals surface area contributed by atoms with Crippen LogP contribution in [-0.4, -0.2) is 67.2 Å². The van der Waals surface area contributed by atoms with Crippen LogP contribution < -0.4 is 8.92 Å². The molecule has 0 aliphatic carbocycles. The quantitative estimate of drug-likeness (QED) is 0.156. The predicted molar refractivity (Wildman–Crippen MR) is 211 cm³/mol. The van der Waals surface area contributed by atoms with E-state index in [4.69, 9.17) is 0 Å². The standard InChI is InChI=1S/2C21H17NO3SSe/c2*23-21-18-13-7-8-14-20(18)26(24,25)22(21)19(16-9-3-1-4-10-16)15-27-17-11-5-2-6-12-17/h2*1-14,19H,15H2/t2*19-/m00/s1. The van der Waals surface area contributed by atoms with Gasteiger partial charge in [0.15, 0.2) is 0 Å². The van der Waals surface area contributed by atoms with E-state index in [2.05, 4.69) is 0 Å². The molecule has 0 saturated heterocycles. The van der Waals surface area contributed by atoms with E-state index in [0.717, 1.165) is 19.7 Å². The van der Waals surface area contributed by atoms with Gasteiger partial charge in [-0.1, -0.05) is 0 Å². The summed E-state index contributed by atoms with van der Waals surface area (Å²) >= 11 is 0.0681. The molecule has 2 heterocycles. The number of hydrogen-bond acceptors (Lipinski definition) is 6. The van der Waals surface area contributed by atoms with E-state index in [-0.39, 0.29) is 50.8 Å². The van der Waals surface area contributed by atoms with Crippen molar-refractivity contribution in [2.45, 2.75) is 32.5 Å². The van der Waals surface area contributed by atoms with Crippen molar-refractivity contribution in [3.63, 3.8) is 0 Å². The Bertz CT molecular complexity index is 2310. The molecule has 8 nitrogen and oxygen atoms in total. The predicted octanol–water partition coefficient (Wildman–Crippen LogP) is 6.04. The van der Waals surface area contributed by atoms with Crippen LogP contribution in [0.3, 0.4) is 0 Å². The van der Waals surface area contributed by atoms with Gasteiger partial charge >= 0.3 is 330 Å². The zero-order valence-electron chi connectivity index (χ0n) is 28.7. The first-order chi connectivity index (χ1) is 26.2. The summed E-state index contributed by atoms with van der Waals surface area (Å²) in [4.78, 5) is 26.2. The number of nitrogens with zero attached hydrogens (tertiary/aromatic N) is 2. The van der Waals surface area contributed by atoms with Crippen LogP contribution in [0.5, 0.6) is 0 Å². The third kappa shape index (κ3) is 7.59. The SMILES string of the molecule is O=C1c2ccccc2S(=O)(=O)N1[C@@H](C[Se]c1ccccc1)c1ccccc1.O=C1c2ccccc2S(=O)(=O)N1[C@@H](C[Se]c1ccccc1)c1ccccc1. The molecular formula is C42H34N2O6S2Se2. The molecule has 8 rings (SSSR count). The molecule has 2 aliphatic rings. The third-order valence-corrected chi connectivity index (χ3v) is 17.2. The number of fused-ring (bicyclic) bond motifs is 2. The maximum absolute atomic E-state index is 13.1. The van der Waals surface area contributed by atoms with Gasteiger partial charge in [0.25, 0.3) is 0 Å². The van der Waals surface area contributed by atoms with Crippen molar-refractivity contribution in [2.24, 2.45) is 0 Å². The normalized spacial score (nSPS) is 16.1. The second kappa shape index (κ2) is 16.3. The van der Waals surface area contributed by atoms with Crippen LogP contribution in [0.4, 0.5) is 0 Å². The molecule has 272 valence electrons. The minimum absolute atomic E-state index is 0.0341. The van der Waals surface area contributed by atoms with Gasteiger partial charge in [-0.2, -0.15) is 0 Å². The van der Waals surface area contributed by atoms with E-state index in [1.807, 2.05) is 121 Å². The summed E-state index contributed by atoms with van der Waals surface area (Å²) in [5.41, 5.74) is 2.18. The van der Waals surface area contributed by atoms with Crippen molar-refractivity contribution in [1.82, 2.24) is 8.61 Å². The Balaban J connectivity index is 0.000000167. The zero-order chi connectivity index (χ0) is 37.7. The van der Waals surface area contributed by atoms with Gasteiger partial charge in [-0.05, 0) is 0 Å². The molecule has 2 amide bonds. The van der Waals surface area contributed by atoms with Gasteiger partial charge in [0.2, 0.25) is 0 Å². The first kappa shape index (κ1) is 37.5. The number of benzene rings is 6. The molecule has 0 aromatic heterocycles. The molecule has 0 unspecified atom stereocenters. The van der Waals surface area contributed by atoms with E-state index in [1.54, 1.807) is 36.4 Å². The first-order valence-corrected chi connectivity index (χ1v) is 24.0. The van der Waals surface area contributed by atoms with Crippen LogP contribution in [0, 0.1) is 0 Å². The Morgan fingerprint density at radius 2 is 0.704 bits per heavy atom. The van der Waals surface area contributed by atoms with Gasteiger partial charge in [-0.25, -0.2) is 0 Å². The topological polar surface area (TPSA) is 109 Å². The van der Waals surface area contributed by atoms with Crippen LogP contribution in [0.1, 0.15) is 43.9 Å². The molecule has 0 saturated carbocycles. The second-order valence-corrected chi connectivity index (χ2v) is 20.5. The van der Waals surface area contributed by atoms with Crippen LogP contribution in [-0.2, 0) is 20.0 Å². The summed E-state index contributed by atoms with van der Waals surface area (Å²) in [6.07, 6.45) is 0. The van der Waals surface area contributed by atoms with Crippen LogP contribution in [0.25, 0.3) is 0 Å². The van der Waals surface area contributed by atoms with E-state index in [1.165, 1.54) is 21.1 Å². The van der Waals surface area contributed by atoms with Crippen molar-refractivity contribution in [2.75, 3.05) is 0 Å². The number of sulfonamides is 2. The zero-order valence-corrected chi connectivity index (χ0v) is 33.8. The molecule has 6 aromatic rings. The molecule has 0 bridgehead atoms. The summed E-state index contributed by atoms with van der Waals surface area (Å²) in [6.45, 7) is 0. The maximum atomic E-state index is 13.1. The van der Waals surface area contributed by atoms with Crippen molar-refractivity contribution in [3.05, 3.63) is 192 Å². The Morgan fingerprint density at radius 1 is 0.407 bits per heavy atom. The molecule has 0 fully saturated rings. The summed E-state index contributed by atoms with van der Waals surface area (Å²) in [5, 5.41) is 1.17. The fourth-order valence-corrected chi connectivity index (χ4v) is 14.6. The van der Waals surface area contributed by atoms with Crippen molar-refractivity contribution in [1.29, 1.82) is 0 Å². The van der Waals surface area contributed by atoms with Crippen molar-refractivity contribution >= 4 is 70.7 Å². The molecule has 12 heteroatoms. The summed E-state index contributed by atoms with van der Waals surface area (Å²) in [7, 11) is -7.71. The van der Waals surface area contributed by atoms with Gasteiger partial charge in [0.05, 0.1) is 0 Å². The fourth-order valence-electron chi connectivity index (χ4n) is 6.36. The Kier molecular flexibility index (Phi) is 11.3. The average Bonchev–Trinajstić information content (AvgIpc) is 3.54. The number of carbonyl (C=O) groups excluding carboxylic acids is 2. The fraction of sp³-hybridized carbons (Fsp3) is 0.0952. The minimum atomic E-state index is -3.85. The van der Waals surface area contributed by atoms with Crippen LogP contribution >= 0.6 is 0 Å².